The van der Waals surface area contributed by atoms with E-state index in [4.69, 9.17) is 5.11 Å². The summed E-state index contributed by atoms with van der Waals surface area (Å²) < 4.78 is 38.0. The van der Waals surface area contributed by atoms with Crippen molar-refractivity contribution in [2.75, 3.05) is 0 Å². The van der Waals surface area contributed by atoms with E-state index in [0.717, 1.165) is 51.9 Å². The molecule has 1 saturated carbocycles. The zero-order valence-electron chi connectivity index (χ0n) is 19.1. The minimum absolute atomic E-state index is 0. The third-order valence-electron chi connectivity index (χ3n) is 5.09. The Morgan fingerprint density at radius 1 is 1.00 bits per heavy atom. The van der Waals surface area contributed by atoms with E-state index in [1.54, 1.807) is 41.7 Å². The number of halogens is 3. The summed E-state index contributed by atoms with van der Waals surface area (Å²) in [5.41, 5.74) is 2.00. The van der Waals surface area contributed by atoms with E-state index in [1.807, 2.05) is 13.8 Å². The Morgan fingerprint density at radius 3 is 2.06 bits per heavy atom. The molecule has 0 unspecified atom stereocenters. The zero-order valence-corrected chi connectivity index (χ0v) is 21.9. The van der Waals surface area contributed by atoms with Crippen molar-refractivity contribution in [3.8, 4) is 0 Å². The maximum Gasteiger partial charge on any atom is 1.00 e. The van der Waals surface area contributed by atoms with Gasteiger partial charge in [0.1, 0.15) is 0 Å². The molecule has 0 bridgehead atoms. The van der Waals surface area contributed by atoms with Crippen LogP contribution in [-0.4, -0.2) is 17.0 Å². The molecule has 4 rings (SSSR count). The fourth-order valence-electron chi connectivity index (χ4n) is 3.25. The van der Waals surface area contributed by atoms with E-state index >= 15 is 0 Å². The van der Waals surface area contributed by atoms with Gasteiger partial charge >= 0.3 is 41.7 Å². The number of carbonyl (C=O) groups excluding carboxylic acids is 1. The second-order valence-corrected chi connectivity index (χ2v) is 9.10. The minimum atomic E-state index is -4.33. The summed E-state index contributed by atoms with van der Waals surface area (Å²) in [5.74, 6) is -0.984. The number of nitrogens with one attached hydrogen (secondary N) is 1. The number of amides is 1. The topological polar surface area (TPSA) is 66.4 Å². The van der Waals surface area contributed by atoms with Crippen molar-refractivity contribution in [3.63, 3.8) is 0 Å². The summed E-state index contributed by atoms with van der Waals surface area (Å²) in [4.78, 5) is 24.6. The average molecular weight is 498 g/mol. The number of aryl methyl sites for hydroxylation is 2. The molecule has 0 aliphatic heterocycles. The Labute approximate surface area is 222 Å². The van der Waals surface area contributed by atoms with Crippen LogP contribution >= 0.6 is 11.3 Å². The fourth-order valence-corrected chi connectivity index (χ4v) is 4.32. The second-order valence-electron chi connectivity index (χ2n) is 7.67. The van der Waals surface area contributed by atoms with E-state index in [2.05, 4.69) is 5.32 Å². The van der Waals surface area contributed by atoms with Gasteiger partial charge in [-0.2, -0.15) is 26.0 Å². The molecule has 4 nitrogen and oxygen atoms in total. The minimum Gasteiger partial charge on any atom is -0.499 e. The van der Waals surface area contributed by atoms with Crippen LogP contribution in [0.3, 0.4) is 0 Å². The summed E-state index contributed by atoms with van der Waals surface area (Å²) in [6.07, 6.45) is -2.02. The van der Waals surface area contributed by atoms with Crippen LogP contribution in [0, 0.1) is 19.9 Å². The number of hydrogen-bond acceptors (Lipinski definition) is 3. The first-order chi connectivity index (χ1) is 15.6. The number of carbonyl (C=O) groups is 2. The molecule has 1 heterocycles. The molecule has 3 aromatic rings. The number of aromatic carboxylic acids is 1. The van der Waals surface area contributed by atoms with Gasteiger partial charge in [0.2, 0.25) is 5.91 Å². The summed E-state index contributed by atoms with van der Waals surface area (Å²) >= 11 is 1.55. The van der Waals surface area contributed by atoms with E-state index in [1.165, 1.54) is 12.1 Å². The number of carboxylic acids is 1. The van der Waals surface area contributed by atoms with Gasteiger partial charge in [-0.25, -0.2) is 10.8 Å². The monoisotopic (exact) mass is 497 g/mol. The molecule has 1 aliphatic carbocycles. The third kappa shape index (κ3) is 7.70. The van der Waals surface area contributed by atoms with Crippen molar-refractivity contribution in [1.29, 1.82) is 0 Å². The Balaban J connectivity index is 0.000000345. The first-order valence-electron chi connectivity index (χ1n) is 10.3. The van der Waals surface area contributed by atoms with Gasteiger partial charge in [-0.1, -0.05) is 30.3 Å². The van der Waals surface area contributed by atoms with Crippen LogP contribution in [0.25, 0.3) is 0 Å². The molecule has 1 aliphatic rings. The quantitative estimate of drug-likeness (QED) is 0.420. The van der Waals surface area contributed by atoms with Gasteiger partial charge in [-0.15, -0.1) is 11.3 Å². The summed E-state index contributed by atoms with van der Waals surface area (Å²) in [6.45, 7) is 3.85. The largest absolute Gasteiger partial charge is 1.00 e. The number of hydrogen-bond donors (Lipinski definition) is 2. The molecule has 9 heteroatoms. The van der Waals surface area contributed by atoms with Gasteiger partial charge < -0.3 is 10.4 Å². The van der Waals surface area contributed by atoms with Gasteiger partial charge in [0.05, 0.1) is 16.7 Å². The van der Waals surface area contributed by atoms with Crippen LogP contribution < -0.4 is 34.9 Å². The van der Waals surface area contributed by atoms with Crippen LogP contribution in [0.5, 0.6) is 0 Å². The standard InChI is InChI=1S/C18H17F3NOS.C7H6O2.Na/c1-10-15(9-12-3-5-13(6-4-12)18(19,20)21)16(11(2)24-10)17(23)22-14-7-8-14;8-7(9)6-4-2-1-3-5-6;/h3-6H,7-9H2,1-2H3,(H,22,23);1-5H,(H,8,9);/q-1;;+1. The van der Waals surface area contributed by atoms with E-state index in [0.29, 0.717) is 17.5 Å². The van der Waals surface area contributed by atoms with Crippen molar-refractivity contribution >= 4 is 23.2 Å². The van der Waals surface area contributed by atoms with E-state index in [-0.39, 0.29) is 35.5 Å². The predicted molar refractivity (Wildman–Crippen MR) is 121 cm³/mol. The van der Waals surface area contributed by atoms with Gasteiger partial charge in [0.25, 0.3) is 0 Å². The van der Waals surface area contributed by atoms with Crippen molar-refractivity contribution in [3.05, 3.63) is 98.2 Å². The second kappa shape index (κ2) is 12.0. The van der Waals surface area contributed by atoms with Gasteiger partial charge in [0, 0.05) is 9.75 Å². The SMILES string of the molecule is Cc1sc(C)c(C(=O)N[C-]2CC2)c1Cc1ccc(C(F)(F)F)cc1.O=C(O)c1ccccc1.[Na+]. The molecular formula is C25H23F3NNaO3S. The number of thiophene rings is 1. The maximum absolute atomic E-state index is 12.7. The van der Waals surface area contributed by atoms with Crippen LogP contribution in [0.4, 0.5) is 13.2 Å². The molecule has 2 N–H and O–H groups in total. The molecule has 1 aromatic heterocycles. The van der Waals surface area contributed by atoms with E-state index in [9.17, 15) is 22.8 Å². The molecule has 174 valence electrons. The van der Waals surface area contributed by atoms with Crippen LogP contribution in [0.2, 0.25) is 0 Å². The summed E-state index contributed by atoms with van der Waals surface area (Å²) in [5, 5.41) is 11.3. The van der Waals surface area contributed by atoms with Crippen molar-refractivity contribution < 1.29 is 57.4 Å². The predicted octanol–water partition coefficient (Wildman–Crippen LogP) is 3.42. The number of carboxylic acid groups (broad SMARTS) is 1. The summed E-state index contributed by atoms with van der Waals surface area (Å²) in [6, 6.07) is 14.5. The number of benzene rings is 2. The molecular weight excluding hydrogens is 474 g/mol. The van der Waals surface area contributed by atoms with Crippen LogP contribution in [0.15, 0.2) is 54.6 Å². The molecule has 2 aromatic carbocycles. The average Bonchev–Trinajstić information content (AvgIpc) is 3.53. The van der Waals surface area contributed by atoms with Crippen molar-refractivity contribution in [2.45, 2.75) is 39.3 Å². The maximum atomic E-state index is 12.7. The molecule has 34 heavy (non-hydrogen) atoms. The number of rotatable bonds is 5. The Bertz CT molecular complexity index is 1120. The molecule has 0 atom stereocenters. The Kier molecular flexibility index (Phi) is 9.94. The first-order valence-corrected chi connectivity index (χ1v) is 11.1. The molecule has 0 saturated heterocycles. The number of alkyl halides is 3. The molecule has 1 amide bonds. The third-order valence-corrected chi connectivity index (χ3v) is 6.15. The molecule has 0 radical (unpaired) electrons. The van der Waals surface area contributed by atoms with Crippen molar-refractivity contribution in [2.24, 2.45) is 0 Å². The zero-order chi connectivity index (χ0) is 24.2. The Hall–Kier alpha value is -2.13. The smallest absolute Gasteiger partial charge is 0.499 e. The summed E-state index contributed by atoms with van der Waals surface area (Å²) in [7, 11) is 0. The Morgan fingerprint density at radius 2 is 1.59 bits per heavy atom. The van der Waals surface area contributed by atoms with Crippen LogP contribution in [0.1, 0.15) is 60.0 Å². The van der Waals surface area contributed by atoms with Gasteiger partial charge in [-0.3, -0.25) is 4.79 Å². The molecule has 0 spiro atoms. The van der Waals surface area contributed by atoms with Gasteiger partial charge in [-0.05, 0) is 55.7 Å². The van der Waals surface area contributed by atoms with Crippen molar-refractivity contribution in [1.82, 2.24) is 5.32 Å². The normalized spacial score (nSPS) is 12.7. The van der Waals surface area contributed by atoms with E-state index < -0.39 is 17.7 Å². The van der Waals surface area contributed by atoms with Crippen LogP contribution in [-0.2, 0) is 12.6 Å². The first kappa shape index (κ1) is 28.1. The fraction of sp³-hybridized carbons (Fsp3) is 0.240. The van der Waals surface area contributed by atoms with Gasteiger partial charge in [0.15, 0.2) is 0 Å². The molecule has 1 fully saturated rings.